The molecule has 1 aliphatic heterocycles. The highest BCUT2D eigenvalue weighted by atomic mass is 79.9. The van der Waals surface area contributed by atoms with Crippen molar-refractivity contribution in [3.8, 4) is 0 Å². The minimum absolute atomic E-state index is 0.146. The molecule has 5 heteroatoms. The van der Waals surface area contributed by atoms with Crippen molar-refractivity contribution in [3.63, 3.8) is 0 Å². The number of aromatic nitrogens is 1. The van der Waals surface area contributed by atoms with Crippen molar-refractivity contribution in [3.05, 3.63) is 57.7 Å². The van der Waals surface area contributed by atoms with E-state index >= 15 is 0 Å². The lowest BCUT2D eigenvalue weighted by Crippen LogP contribution is -2.33. The molecule has 1 N–H and O–H groups in total. The molecule has 4 nitrogen and oxygen atoms in total. The topological polar surface area (TPSA) is 45.2 Å². The molecule has 1 aromatic carbocycles. The normalized spacial score (nSPS) is 17.6. The zero-order chi connectivity index (χ0) is 16.4. The second-order valence-electron chi connectivity index (χ2n) is 5.99. The highest BCUT2D eigenvalue weighted by molar-refractivity contribution is 9.10. The molecule has 1 aromatic heterocycles. The molecule has 1 saturated heterocycles. The summed E-state index contributed by atoms with van der Waals surface area (Å²) < 4.78 is 0.974. The van der Waals surface area contributed by atoms with E-state index < -0.39 is 0 Å². The van der Waals surface area contributed by atoms with Crippen LogP contribution in [0.25, 0.3) is 0 Å². The van der Waals surface area contributed by atoms with E-state index in [4.69, 9.17) is 0 Å². The molecule has 0 saturated carbocycles. The third kappa shape index (κ3) is 3.72. The van der Waals surface area contributed by atoms with E-state index in [1.54, 1.807) is 0 Å². The van der Waals surface area contributed by atoms with E-state index in [9.17, 15) is 4.79 Å². The van der Waals surface area contributed by atoms with Crippen LogP contribution in [0.3, 0.4) is 0 Å². The van der Waals surface area contributed by atoms with Crippen LogP contribution in [0.5, 0.6) is 0 Å². The van der Waals surface area contributed by atoms with Gasteiger partial charge in [-0.25, -0.2) is 4.98 Å². The molecule has 1 unspecified atom stereocenters. The summed E-state index contributed by atoms with van der Waals surface area (Å²) >= 11 is 3.44. The van der Waals surface area contributed by atoms with Gasteiger partial charge in [-0.15, -0.1) is 0 Å². The maximum atomic E-state index is 12.6. The van der Waals surface area contributed by atoms with Gasteiger partial charge in [0, 0.05) is 17.6 Å². The lowest BCUT2D eigenvalue weighted by Gasteiger charge is -2.18. The molecule has 2 aromatic rings. The van der Waals surface area contributed by atoms with Crippen molar-refractivity contribution < 1.29 is 4.79 Å². The zero-order valence-corrected chi connectivity index (χ0v) is 14.9. The van der Waals surface area contributed by atoms with Crippen molar-refractivity contribution in [1.82, 2.24) is 9.88 Å². The third-order valence-electron chi connectivity index (χ3n) is 4.13. The van der Waals surface area contributed by atoms with E-state index in [1.165, 1.54) is 11.1 Å². The minimum Gasteiger partial charge on any atom is -0.358 e. The Labute approximate surface area is 145 Å². The lowest BCUT2D eigenvalue weighted by molar-refractivity contribution is -0.128. The number of hydrogen-bond donors (Lipinski definition) is 1. The number of aryl methyl sites for hydroxylation is 2. The first-order chi connectivity index (χ1) is 11.0. The van der Waals surface area contributed by atoms with Gasteiger partial charge in [-0.2, -0.15) is 0 Å². The number of hydrogen-bond acceptors (Lipinski definition) is 3. The Hall–Kier alpha value is -1.88. The van der Waals surface area contributed by atoms with Crippen LogP contribution in [0.1, 0.15) is 23.2 Å². The Morgan fingerprint density at radius 1 is 1.22 bits per heavy atom. The number of nitrogens with zero attached hydrogens (tertiary/aromatic N) is 2. The molecular formula is C18H20BrN3O. The summed E-state index contributed by atoms with van der Waals surface area (Å²) in [5.74, 6) is 0.897. The van der Waals surface area contributed by atoms with Gasteiger partial charge in [-0.05, 0) is 53.9 Å². The Morgan fingerprint density at radius 3 is 2.65 bits per heavy atom. The zero-order valence-electron chi connectivity index (χ0n) is 13.3. The number of halogens is 1. The Kier molecular flexibility index (Phi) is 4.66. The summed E-state index contributed by atoms with van der Waals surface area (Å²) in [6.45, 7) is 5.46. The van der Waals surface area contributed by atoms with E-state index in [2.05, 4.69) is 57.4 Å². The smallest absolute Gasteiger partial charge is 0.245 e. The standard InChI is InChI=1S/C18H20BrN3O/c1-12-3-5-14(6-4-12)11-22-10-9-16(18(22)23)21-17-8-7-15(19)13(2)20-17/h3-8,16H,9-11H2,1-2H3,(H,20,21). The number of carbonyl (C=O) groups excluding carboxylic acids is 1. The number of likely N-dealkylation sites (tertiary alicyclic amines) is 1. The van der Waals surface area contributed by atoms with Crippen LogP contribution in [0.15, 0.2) is 40.9 Å². The van der Waals surface area contributed by atoms with Gasteiger partial charge < -0.3 is 10.2 Å². The van der Waals surface area contributed by atoms with Gasteiger partial charge >= 0.3 is 0 Å². The quantitative estimate of drug-likeness (QED) is 0.888. The minimum atomic E-state index is -0.187. The van der Waals surface area contributed by atoms with Crippen molar-refractivity contribution in [1.29, 1.82) is 0 Å². The van der Waals surface area contributed by atoms with Crippen LogP contribution < -0.4 is 5.32 Å². The summed E-state index contributed by atoms with van der Waals surface area (Å²) in [6.07, 6.45) is 0.807. The van der Waals surface area contributed by atoms with Gasteiger partial charge in [-0.3, -0.25) is 4.79 Å². The van der Waals surface area contributed by atoms with Crippen molar-refractivity contribution in [2.45, 2.75) is 32.9 Å². The van der Waals surface area contributed by atoms with Gasteiger partial charge in [0.15, 0.2) is 0 Å². The number of benzene rings is 1. The van der Waals surface area contributed by atoms with Crippen LogP contribution in [0.4, 0.5) is 5.82 Å². The number of nitrogens with one attached hydrogen (secondary N) is 1. The van der Waals surface area contributed by atoms with Gasteiger partial charge in [0.25, 0.3) is 0 Å². The predicted molar refractivity (Wildman–Crippen MR) is 95.3 cm³/mol. The summed E-state index contributed by atoms with van der Waals surface area (Å²) in [6, 6.07) is 12.0. The maximum absolute atomic E-state index is 12.6. The first-order valence-corrected chi connectivity index (χ1v) is 8.56. The molecule has 0 bridgehead atoms. The molecule has 120 valence electrons. The summed E-state index contributed by atoms with van der Waals surface area (Å²) in [5, 5.41) is 3.26. The molecule has 3 rings (SSSR count). The molecule has 1 fully saturated rings. The third-order valence-corrected chi connectivity index (χ3v) is 4.97. The summed E-state index contributed by atoms with van der Waals surface area (Å²) in [5.41, 5.74) is 3.32. The number of rotatable bonds is 4. The van der Waals surface area contributed by atoms with Crippen molar-refractivity contribution in [2.24, 2.45) is 0 Å². The second kappa shape index (κ2) is 6.71. The number of carbonyl (C=O) groups is 1. The van der Waals surface area contributed by atoms with Gasteiger partial charge in [0.05, 0.1) is 5.69 Å². The summed E-state index contributed by atoms with van der Waals surface area (Å²) in [4.78, 5) is 18.9. The van der Waals surface area contributed by atoms with Crippen molar-refractivity contribution in [2.75, 3.05) is 11.9 Å². The van der Waals surface area contributed by atoms with E-state index in [-0.39, 0.29) is 11.9 Å². The molecule has 23 heavy (non-hydrogen) atoms. The monoisotopic (exact) mass is 373 g/mol. The maximum Gasteiger partial charge on any atom is 0.245 e. The van der Waals surface area contributed by atoms with E-state index in [0.29, 0.717) is 6.54 Å². The van der Waals surface area contributed by atoms with E-state index in [1.807, 2.05) is 24.0 Å². The molecule has 0 aliphatic carbocycles. The van der Waals surface area contributed by atoms with E-state index in [0.717, 1.165) is 29.0 Å². The second-order valence-corrected chi connectivity index (χ2v) is 6.85. The Balaban J connectivity index is 1.64. The molecule has 2 heterocycles. The fourth-order valence-corrected chi connectivity index (χ4v) is 2.97. The Bertz CT molecular complexity index is 715. The number of pyridine rings is 1. The highest BCUT2D eigenvalue weighted by Crippen LogP contribution is 2.21. The molecule has 1 amide bonds. The van der Waals surface area contributed by atoms with Gasteiger partial charge in [-0.1, -0.05) is 29.8 Å². The molecular weight excluding hydrogens is 354 g/mol. The molecule has 1 aliphatic rings. The lowest BCUT2D eigenvalue weighted by atomic mass is 10.1. The predicted octanol–water partition coefficient (Wildman–Crippen LogP) is 3.67. The van der Waals surface area contributed by atoms with Gasteiger partial charge in [0.1, 0.15) is 11.9 Å². The molecule has 1 atom stereocenters. The number of amides is 1. The summed E-state index contributed by atoms with van der Waals surface area (Å²) in [7, 11) is 0. The number of anilines is 1. The first kappa shape index (κ1) is 16.0. The van der Waals surface area contributed by atoms with Crippen LogP contribution in [-0.2, 0) is 11.3 Å². The van der Waals surface area contributed by atoms with Crippen LogP contribution in [-0.4, -0.2) is 28.4 Å². The fraction of sp³-hybridized carbons (Fsp3) is 0.333. The highest BCUT2D eigenvalue weighted by Gasteiger charge is 2.31. The average molecular weight is 374 g/mol. The average Bonchev–Trinajstić information content (AvgIpc) is 2.86. The first-order valence-electron chi connectivity index (χ1n) is 7.77. The van der Waals surface area contributed by atoms with Crippen LogP contribution in [0, 0.1) is 13.8 Å². The van der Waals surface area contributed by atoms with Gasteiger partial charge in [0.2, 0.25) is 5.91 Å². The van der Waals surface area contributed by atoms with Crippen molar-refractivity contribution >= 4 is 27.7 Å². The molecule has 0 spiro atoms. The largest absolute Gasteiger partial charge is 0.358 e. The SMILES string of the molecule is Cc1ccc(CN2CCC(Nc3ccc(Br)c(C)n3)C2=O)cc1. The molecule has 0 radical (unpaired) electrons. The van der Waals surface area contributed by atoms with Crippen LogP contribution >= 0.6 is 15.9 Å². The fourth-order valence-electron chi connectivity index (χ4n) is 2.75. The van der Waals surface area contributed by atoms with Crippen LogP contribution in [0.2, 0.25) is 0 Å². The Morgan fingerprint density at radius 2 is 1.96 bits per heavy atom.